The van der Waals surface area contributed by atoms with Gasteiger partial charge in [-0.3, -0.25) is 9.59 Å². The molecular weight excluding hydrogens is 354 g/mol. The van der Waals surface area contributed by atoms with Gasteiger partial charge in [-0.15, -0.1) is 0 Å². The number of nitrogens with zero attached hydrogens (tertiary/aromatic N) is 1. The summed E-state index contributed by atoms with van der Waals surface area (Å²) in [5.41, 5.74) is 0.765. The summed E-state index contributed by atoms with van der Waals surface area (Å²) in [5.74, 6) is -5.14. The Labute approximate surface area is 155 Å². The molecule has 1 aromatic carbocycles. The molecule has 2 aliphatic heterocycles. The van der Waals surface area contributed by atoms with Gasteiger partial charge in [-0.05, 0) is 30.5 Å². The summed E-state index contributed by atoms with van der Waals surface area (Å²) >= 11 is 0. The lowest BCUT2D eigenvalue weighted by atomic mass is 9.65. The number of aromatic hydroxyl groups is 1. The van der Waals surface area contributed by atoms with Gasteiger partial charge in [0.1, 0.15) is 5.75 Å². The summed E-state index contributed by atoms with van der Waals surface area (Å²) in [6, 6.07) is 6.46. The maximum atomic E-state index is 12.8. The van der Waals surface area contributed by atoms with Crippen LogP contribution in [0.15, 0.2) is 24.3 Å². The highest BCUT2D eigenvalue weighted by Gasteiger charge is 2.66. The second kappa shape index (κ2) is 6.03. The first-order chi connectivity index (χ1) is 12.8. The van der Waals surface area contributed by atoms with Crippen LogP contribution in [-0.4, -0.2) is 45.9 Å². The summed E-state index contributed by atoms with van der Waals surface area (Å²) in [4.78, 5) is 37.9. The molecule has 27 heavy (non-hydrogen) atoms. The number of benzene rings is 1. The van der Waals surface area contributed by atoms with Crippen LogP contribution in [0.5, 0.6) is 5.75 Å². The van der Waals surface area contributed by atoms with Gasteiger partial charge in [0.25, 0.3) is 0 Å². The van der Waals surface area contributed by atoms with E-state index in [1.54, 1.807) is 19.1 Å². The average molecular weight is 375 g/mol. The number of likely N-dealkylation sites (tertiary alicyclic amines) is 1. The molecule has 144 valence electrons. The molecule has 0 bridgehead atoms. The first kappa shape index (κ1) is 17.9. The van der Waals surface area contributed by atoms with E-state index in [4.69, 9.17) is 4.74 Å². The van der Waals surface area contributed by atoms with Gasteiger partial charge < -0.3 is 19.7 Å². The molecular formula is C19H21NO7. The summed E-state index contributed by atoms with van der Waals surface area (Å²) in [5, 5.41) is 20.7. The minimum absolute atomic E-state index is 0.117. The predicted octanol–water partition coefficient (Wildman–Crippen LogP) is 1.57. The van der Waals surface area contributed by atoms with E-state index in [0.717, 1.165) is 12.7 Å². The first-order valence-corrected chi connectivity index (χ1v) is 8.92. The number of hydrogen-bond acceptors (Lipinski definition) is 7. The standard InChI is InChI=1S/C19H21NO7/c1-9-7-12-15(17(23)20(16(12)22)18(24)26-2)13-8-14(27-19(9,13)25)10-3-5-11(21)6-4-10/h3-6,9,12-15,21,25H,7-8H2,1-2H3/t9-,12-,13-,14-,15-,19+/m0/s1. The molecule has 0 radical (unpaired) electrons. The molecule has 3 fully saturated rings. The van der Waals surface area contributed by atoms with Gasteiger partial charge in [0, 0.05) is 11.8 Å². The van der Waals surface area contributed by atoms with E-state index < -0.39 is 47.6 Å². The van der Waals surface area contributed by atoms with Crippen molar-refractivity contribution in [3.8, 4) is 5.75 Å². The zero-order chi connectivity index (χ0) is 19.5. The second-order valence-electron chi connectivity index (χ2n) is 7.54. The molecule has 2 N–H and O–H groups in total. The van der Waals surface area contributed by atoms with Gasteiger partial charge >= 0.3 is 6.09 Å². The van der Waals surface area contributed by atoms with Crippen molar-refractivity contribution in [2.24, 2.45) is 23.7 Å². The van der Waals surface area contributed by atoms with E-state index in [1.807, 2.05) is 0 Å². The van der Waals surface area contributed by atoms with E-state index in [2.05, 4.69) is 4.74 Å². The first-order valence-electron chi connectivity index (χ1n) is 8.92. The number of rotatable bonds is 1. The lowest BCUT2D eigenvalue weighted by Gasteiger charge is -2.43. The second-order valence-corrected chi connectivity index (χ2v) is 7.54. The monoisotopic (exact) mass is 375 g/mol. The summed E-state index contributed by atoms with van der Waals surface area (Å²) in [6.45, 7) is 1.78. The molecule has 2 heterocycles. The van der Waals surface area contributed by atoms with Crippen molar-refractivity contribution in [2.75, 3.05) is 7.11 Å². The zero-order valence-electron chi connectivity index (χ0n) is 15.0. The molecule has 4 rings (SSSR count). The molecule has 6 atom stereocenters. The number of phenols is 1. The number of hydrogen-bond donors (Lipinski definition) is 2. The molecule has 8 heteroatoms. The highest BCUT2D eigenvalue weighted by Crippen LogP contribution is 2.58. The van der Waals surface area contributed by atoms with Crippen LogP contribution in [0.1, 0.15) is 31.4 Å². The minimum Gasteiger partial charge on any atom is -0.508 e. The Morgan fingerprint density at radius 3 is 2.52 bits per heavy atom. The maximum Gasteiger partial charge on any atom is 0.423 e. The third-order valence-electron chi connectivity index (χ3n) is 6.18. The molecule has 0 aromatic heterocycles. The molecule has 3 aliphatic rings. The van der Waals surface area contributed by atoms with Crippen LogP contribution >= 0.6 is 0 Å². The Hall–Kier alpha value is -2.45. The third-order valence-corrected chi connectivity index (χ3v) is 6.18. The average Bonchev–Trinajstić information content (AvgIpc) is 3.11. The van der Waals surface area contributed by atoms with Crippen molar-refractivity contribution < 1.29 is 34.1 Å². The molecule has 0 unspecified atom stereocenters. The molecule has 1 saturated carbocycles. The van der Waals surface area contributed by atoms with Crippen LogP contribution in [-0.2, 0) is 19.1 Å². The number of amides is 3. The third kappa shape index (κ3) is 2.47. The Kier molecular flexibility index (Phi) is 4.01. The number of carbonyl (C=O) groups excluding carboxylic acids is 3. The predicted molar refractivity (Wildman–Crippen MR) is 90.0 cm³/mol. The highest BCUT2D eigenvalue weighted by molar-refractivity contribution is 6.15. The van der Waals surface area contributed by atoms with Crippen LogP contribution in [0.4, 0.5) is 4.79 Å². The van der Waals surface area contributed by atoms with Crippen LogP contribution in [0, 0.1) is 23.7 Å². The van der Waals surface area contributed by atoms with E-state index in [1.165, 1.54) is 12.1 Å². The van der Waals surface area contributed by atoms with Gasteiger partial charge in [0.2, 0.25) is 11.8 Å². The number of phenolic OH excluding ortho intramolecular Hbond substituents is 1. The van der Waals surface area contributed by atoms with Crippen LogP contribution in [0.25, 0.3) is 0 Å². The molecule has 3 amide bonds. The molecule has 2 saturated heterocycles. The van der Waals surface area contributed by atoms with Crippen LogP contribution in [0.3, 0.4) is 0 Å². The molecule has 1 aliphatic carbocycles. The maximum absolute atomic E-state index is 12.8. The van der Waals surface area contributed by atoms with Crippen molar-refractivity contribution in [1.29, 1.82) is 0 Å². The number of methoxy groups -OCH3 is 1. The van der Waals surface area contributed by atoms with E-state index in [-0.39, 0.29) is 18.1 Å². The van der Waals surface area contributed by atoms with Crippen molar-refractivity contribution in [2.45, 2.75) is 31.7 Å². The fourth-order valence-corrected chi connectivity index (χ4v) is 4.81. The van der Waals surface area contributed by atoms with Gasteiger partial charge in [-0.1, -0.05) is 19.1 Å². The summed E-state index contributed by atoms with van der Waals surface area (Å²) < 4.78 is 10.6. The van der Waals surface area contributed by atoms with Crippen LogP contribution < -0.4 is 0 Å². The van der Waals surface area contributed by atoms with E-state index in [9.17, 15) is 24.6 Å². The normalized spacial score (nSPS) is 37.9. The minimum atomic E-state index is -1.56. The Bertz CT molecular complexity index is 807. The lowest BCUT2D eigenvalue weighted by Crippen LogP contribution is -2.52. The fraction of sp³-hybridized carbons (Fsp3) is 0.526. The fourth-order valence-electron chi connectivity index (χ4n) is 4.81. The molecule has 8 nitrogen and oxygen atoms in total. The number of carbonyl (C=O) groups is 3. The van der Waals surface area contributed by atoms with Gasteiger partial charge in [-0.25, -0.2) is 4.79 Å². The van der Waals surface area contributed by atoms with Crippen molar-refractivity contribution in [3.63, 3.8) is 0 Å². The number of fused-ring (bicyclic) bond motifs is 3. The summed E-state index contributed by atoms with van der Waals surface area (Å²) in [6.07, 6.45) is -0.889. The SMILES string of the molecule is COC(=O)N1C(=O)[C@H]2[C@H](C[C@H](C)[C@@]3(O)O[C@H](c4ccc(O)cc4)C[C@@H]23)C1=O. The molecule has 0 spiro atoms. The largest absolute Gasteiger partial charge is 0.508 e. The number of ether oxygens (including phenoxy) is 2. The van der Waals surface area contributed by atoms with Crippen molar-refractivity contribution in [3.05, 3.63) is 29.8 Å². The quantitative estimate of drug-likeness (QED) is 0.716. The van der Waals surface area contributed by atoms with Crippen molar-refractivity contribution >= 4 is 17.9 Å². The van der Waals surface area contributed by atoms with E-state index >= 15 is 0 Å². The van der Waals surface area contributed by atoms with Gasteiger partial charge in [-0.2, -0.15) is 4.90 Å². The summed E-state index contributed by atoms with van der Waals surface area (Å²) in [7, 11) is 1.11. The highest BCUT2D eigenvalue weighted by atomic mass is 16.6. The molecule has 1 aromatic rings. The van der Waals surface area contributed by atoms with Gasteiger partial charge in [0.15, 0.2) is 5.79 Å². The zero-order valence-corrected chi connectivity index (χ0v) is 15.0. The van der Waals surface area contributed by atoms with E-state index in [0.29, 0.717) is 11.3 Å². The lowest BCUT2D eigenvalue weighted by molar-refractivity contribution is -0.265. The Morgan fingerprint density at radius 2 is 1.89 bits per heavy atom. The smallest absolute Gasteiger partial charge is 0.423 e. The van der Waals surface area contributed by atoms with Crippen molar-refractivity contribution in [1.82, 2.24) is 4.90 Å². The Morgan fingerprint density at radius 1 is 1.22 bits per heavy atom. The number of imide groups is 3. The topological polar surface area (TPSA) is 113 Å². The van der Waals surface area contributed by atoms with Gasteiger partial charge in [0.05, 0.1) is 25.0 Å². The number of aliphatic hydroxyl groups is 1. The Balaban J connectivity index is 1.68. The van der Waals surface area contributed by atoms with Crippen LogP contribution in [0.2, 0.25) is 0 Å².